The van der Waals surface area contributed by atoms with Gasteiger partial charge >= 0.3 is 0 Å². The van der Waals surface area contributed by atoms with E-state index >= 15 is 0 Å². The summed E-state index contributed by atoms with van der Waals surface area (Å²) in [5, 5.41) is 19.8. The Kier molecular flexibility index (Phi) is 17.8. The van der Waals surface area contributed by atoms with Gasteiger partial charge in [0.05, 0.1) is 12.2 Å². The molecule has 140 valence electrons. The first-order chi connectivity index (χ1) is 11.7. The smallest absolute Gasteiger partial charge is 0.0799 e. The number of hydrogen-bond acceptors (Lipinski definition) is 2. The number of hydrogen-bond donors (Lipinski definition) is 2. The highest BCUT2D eigenvalue weighted by Crippen LogP contribution is 2.14. The van der Waals surface area contributed by atoms with Crippen LogP contribution in [0.25, 0.3) is 0 Å². The monoisotopic (exact) mass is 336 g/mol. The molecule has 0 radical (unpaired) electrons. The van der Waals surface area contributed by atoms with Crippen LogP contribution in [0.15, 0.2) is 37.0 Å². The van der Waals surface area contributed by atoms with Crippen molar-refractivity contribution in [3.8, 4) is 0 Å². The predicted molar refractivity (Wildman–Crippen MR) is 106 cm³/mol. The molecule has 0 aliphatic rings. The summed E-state index contributed by atoms with van der Waals surface area (Å²) in [5.74, 6) is 0. The van der Waals surface area contributed by atoms with Crippen LogP contribution in [0.5, 0.6) is 0 Å². The van der Waals surface area contributed by atoms with Crippen LogP contribution in [-0.4, -0.2) is 22.4 Å². The molecule has 1 unspecified atom stereocenters. The van der Waals surface area contributed by atoms with Gasteiger partial charge in [-0.25, -0.2) is 0 Å². The van der Waals surface area contributed by atoms with Crippen LogP contribution in [0, 0.1) is 0 Å². The van der Waals surface area contributed by atoms with Crippen molar-refractivity contribution in [3.63, 3.8) is 0 Å². The summed E-state index contributed by atoms with van der Waals surface area (Å²) in [7, 11) is 0. The van der Waals surface area contributed by atoms with E-state index in [1.165, 1.54) is 38.5 Å². The molecule has 0 saturated heterocycles. The van der Waals surface area contributed by atoms with Gasteiger partial charge in [-0.05, 0) is 25.7 Å². The first kappa shape index (κ1) is 23.1. The van der Waals surface area contributed by atoms with E-state index in [1.54, 1.807) is 6.08 Å². The molecule has 0 aliphatic heterocycles. The van der Waals surface area contributed by atoms with Gasteiger partial charge in [-0.15, -0.1) is 0 Å². The van der Waals surface area contributed by atoms with Gasteiger partial charge in [0.15, 0.2) is 0 Å². The van der Waals surface area contributed by atoms with E-state index < -0.39 is 12.2 Å². The van der Waals surface area contributed by atoms with Crippen LogP contribution in [0.1, 0.15) is 90.4 Å². The van der Waals surface area contributed by atoms with Crippen molar-refractivity contribution in [1.82, 2.24) is 0 Å². The van der Waals surface area contributed by atoms with Crippen LogP contribution in [0.4, 0.5) is 0 Å². The second kappa shape index (κ2) is 18.5. The van der Waals surface area contributed by atoms with Gasteiger partial charge in [0, 0.05) is 0 Å². The van der Waals surface area contributed by atoms with Gasteiger partial charge in [0.1, 0.15) is 0 Å². The highest BCUT2D eigenvalue weighted by Gasteiger charge is 2.14. The van der Waals surface area contributed by atoms with Gasteiger partial charge in [0.2, 0.25) is 0 Å². The van der Waals surface area contributed by atoms with Crippen LogP contribution < -0.4 is 0 Å². The average molecular weight is 337 g/mol. The maximum atomic E-state index is 9.93. The first-order valence-electron chi connectivity index (χ1n) is 10.0. The van der Waals surface area contributed by atoms with E-state index in [0.29, 0.717) is 0 Å². The van der Waals surface area contributed by atoms with Crippen molar-refractivity contribution in [2.24, 2.45) is 0 Å². The molecule has 0 heterocycles. The molecule has 0 bridgehead atoms. The number of allylic oxidation sites excluding steroid dienone is 5. The van der Waals surface area contributed by atoms with Gasteiger partial charge in [-0.2, -0.15) is 0 Å². The Labute approximate surface area is 150 Å². The summed E-state index contributed by atoms with van der Waals surface area (Å²) >= 11 is 0. The van der Waals surface area contributed by atoms with Crippen LogP contribution >= 0.6 is 0 Å². The Bertz CT molecular complexity index is 320. The van der Waals surface area contributed by atoms with Crippen molar-refractivity contribution in [3.05, 3.63) is 37.0 Å². The minimum atomic E-state index is -0.524. The number of rotatable bonds is 17. The topological polar surface area (TPSA) is 40.5 Å². The summed E-state index contributed by atoms with van der Waals surface area (Å²) in [4.78, 5) is 0. The Morgan fingerprint density at radius 2 is 1.25 bits per heavy atom. The Morgan fingerprint density at radius 3 is 1.83 bits per heavy atom. The largest absolute Gasteiger partial charge is 0.390 e. The van der Waals surface area contributed by atoms with Crippen molar-refractivity contribution < 1.29 is 10.2 Å². The summed E-state index contributed by atoms with van der Waals surface area (Å²) < 4.78 is 0. The first-order valence-corrected chi connectivity index (χ1v) is 10.0. The highest BCUT2D eigenvalue weighted by atomic mass is 16.3. The molecule has 0 amide bonds. The molecule has 24 heavy (non-hydrogen) atoms. The molecule has 0 aromatic carbocycles. The standard InChI is InChI=1S/C22H40O2/c1-3-5-7-8-9-10-11-12-13-14-15-16-18-20-22(24)21(23)19-17-6-4-2/h3,5,7-9,21-24H,1,4,6,10-20H2,2H3/t21-,22?/m0/s1. The van der Waals surface area contributed by atoms with E-state index in [2.05, 4.69) is 25.7 Å². The molecule has 2 atom stereocenters. The number of unbranched alkanes of at least 4 members (excludes halogenated alkanes) is 9. The summed E-state index contributed by atoms with van der Waals surface area (Å²) in [6, 6.07) is 0. The molecule has 0 aromatic heterocycles. The number of aliphatic hydroxyl groups is 2. The SMILES string of the molecule is C=CC=CC=CCCCCCCCCCC(O)[C@@H](O)CCCCC. The molecule has 0 aliphatic carbocycles. The third kappa shape index (κ3) is 16.0. The molecule has 0 saturated carbocycles. The predicted octanol–water partition coefficient (Wildman–Crippen LogP) is 6.10. The zero-order valence-electron chi connectivity index (χ0n) is 15.8. The zero-order valence-corrected chi connectivity index (χ0v) is 15.8. The third-order valence-corrected chi connectivity index (χ3v) is 4.41. The van der Waals surface area contributed by atoms with E-state index in [1.807, 2.05) is 12.2 Å². The summed E-state index contributed by atoms with van der Waals surface area (Å²) in [6.45, 7) is 5.79. The van der Waals surface area contributed by atoms with E-state index in [0.717, 1.165) is 44.9 Å². The lowest BCUT2D eigenvalue weighted by Crippen LogP contribution is -2.25. The van der Waals surface area contributed by atoms with E-state index in [-0.39, 0.29) is 0 Å². The molecule has 2 N–H and O–H groups in total. The van der Waals surface area contributed by atoms with Crippen molar-refractivity contribution in [2.75, 3.05) is 0 Å². The van der Waals surface area contributed by atoms with Crippen LogP contribution in [0.3, 0.4) is 0 Å². The van der Waals surface area contributed by atoms with Crippen molar-refractivity contribution in [2.45, 2.75) is 103 Å². The second-order valence-electron chi connectivity index (χ2n) is 6.73. The fourth-order valence-electron chi connectivity index (χ4n) is 2.81. The number of aliphatic hydroxyl groups excluding tert-OH is 2. The summed E-state index contributed by atoms with van der Waals surface area (Å²) in [5.41, 5.74) is 0. The van der Waals surface area contributed by atoms with Crippen molar-refractivity contribution >= 4 is 0 Å². The zero-order chi connectivity index (χ0) is 17.9. The lowest BCUT2D eigenvalue weighted by Gasteiger charge is -2.17. The van der Waals surface area contributed by atoms with Crippen LogP contribution in [0.2, 0.25) is 0 Å². The molecule has 0 aromatic rings. The fourth-order valence-corrected chi connectivity index (χ4v) is 2.81. The van der Waals surface area contributed by atoms with Crippen LogP contribution in [-0.2, 0) is 0 Å². The maximum absolute atomic E-state index is 9.93. The van der Waals surface area contributed by atoms with Gasteiger partial charge in [-0.3, -0.25) is 0 Å². The lowest BCUT2D eigenvalue weighted by molar-refractivity contribution is 0.00718. The minimum absolute atomic E-state index is 0.522. The second-order valence-corrected chi connectivity index (χ2v) is 6.73. The molecule has 0 spiro atoms. The Morgan fingerprint density at radius 1 is 0.708 bits per heavy atom. The van der Waals surface area contributed by atoms with E-state index in [9.17, 15) is 10.2 Å². The molecule has 2 heteroatoms. The summed E-state index contributed by atoms with van der Waals surface area (Å²) in [6.07, 6.45) is 23.6. The van der Waals surface area contributed by atoms with Crippen molar-refractivity contribution in [1.29, 1.82) is 0 Å². The molecule has 0 rings (SSSR count). The normalized spacial score (nSPS) is 14.5. The Hall–Kier alpha value is -0.860. The molecule has 0 fully saturated rings. The lowest BCUT2D eigenvalue weighted by atomic mass is 10.00. The molecule has 2 nitrogen and oxygen atoms in total. The fraction of sp³-hybridized carbons (Fsp3) is 0.727. The highest BCUT2D eigenvalue weighted by molar-refractivity contribution is 5.08. The quantitative estimate of drug-likeness (QED) is 0.249. The van der Waals surface area contributed by atoms with Gasteiger partial charge in [-0.1, -0.05) is 102 Å². The van der Waals surface area contributed by atoms with E-state index in [4.69, 9.17) is 0 Å². The minimum Gasteiger partial charge on any atom is -0.390 e. The van der Waals surface area contributed by atoms with Gasteiger partial charge < -0.3 is 10.2 Å². The van der Waals surface area contributed by atoms with Gasteiger partial charge in [0.25, 0.3) is 0 Å². The maximum Gasteiger partial charge on any atom is 0.0799 e. The third-order valence-electron chi connectivity index (χ3n) is 4.41. The molecular formula is C22H40O2. The molecular weight excluding hydrogens is 296 g/mol. The average Bonchev–Trinajstić information content (AvgIpc) is 2.58. The Balaban J connectivity index is 3.33.